The Morgan fingerprint density at radius 2 is 2.41 bits per heavy atom. The van der Waals surface area contributed by atoms with Crippen LogP contribution in [0.5, 0.6) is 0 Å². The van der Waals surface area contributed by atoms with E-state index in [2.05, 4.69) is 11.6 Å². The van der Waals surface area contributed by atoms with E-state index in [-0.39, 0.29) is 11.0 Å². The summed E-state index contributed by atoms with van der Waals surface area (Å²) in [5.41, 5.74) is 1.89. The molecule has 0 aliphatic carbocycles. The van der Waals surface area contributed by atoms with Crippen molar-refractivity contribution in [2.45, 2.75) is 18.1 Å². The van der Waals surface area contributed by atoms with Crippen LogP contribution >= 0.6 is 0 Å². The molecule has 0 saturated carbocycles. The lowest BCUT2D eigenvalue weighted by molar-refractivity contribution is 0.545. The minimum atomic E-state index is -2.91. The molecule has 0 spiro atoms. The number of sulfone groups is 1. The molecule has 4 nitrogen and oxygen atoms in total. The van der Waals surface area contributed by atoms with Crippen molar-refractivity contribution in [1.29, 1.82) is 5.26 Å². The first-order valence-corrected chi connectivity index (χ1v) is 7.01. The number of hydrogen-bond acceptors (Lipinski definition) is 4. The molecule has 2 heterocycles. The molecule has 1 atom stereocenters. The highest BCUT2D eigenvalue weighted by molar-refractivity contribution is 7.93. The zero-order valence-electron chi connectivity index (χ0n) is 9.26. The van der Waals surface area contributed by atoms with Crippen molar-refractivity contribution < 1.29 is 8.42 Å². The van der Waals surface area contributed by atoms with Crippen LogP contribution in [0.4, 0.5) is 0 Å². The Bertz CT molecular complexity index is 599. The molecule has 1 aromatic rings. The molecule has 1 aromatic heterocycles. The monoisotopic (exact) mass is 248 g/mol. The molecule has 88 valence electrons. The molecule has 2 rings (SSSR count). The molecule has 1 saturated heterocycles. The van der Waals surface area contributed by atoms with Gasteiger partial charge < -0.3 is 0 Å². The topological polar surface area (TPSA) is 70.8 Å². The summed E-state index contributed by atoms with van der Waals surface area (Å²) in [6.07, 6.45) is 4.17. The summed E-state index contributed by atoms with van der Waals surface area (Å²) in [6.45, 7) is 3.64. The maximum Gasteiger partial charge on any atom is 0.153 e. The molecule has 0 radical (unpaired) electrons. The molecule has 0 N–H and O–H groups in total. The maximum atomic E-state index is 11.5. The molecular weight excluding hydrogens is 236 g/mol. The van der Waals surface area contributed by atoms with E-state index in [9.17, 15) is 8.42 Å². The first-order chi connectivity index (χ1) is 8.06. The van der Waals surface area contributed by atoms with Crippen LogP contribution in [0.3, 0.4) is 0 Å². The lowest BCUT2D eigenvalue weighted by atomic mass is 10.0. The smallest absolute Gasteiger partial charge is 0.153 e. The SMILES string of the molecule is C=Cc1ncc(C#N)cc1CC1CCS1(=O)=O. The fourth-order valence-corrected chi connectivity index (χ4v) is 3.27. The highest BCUT2D eigenvalue weighted by Gasteiger charge is 2.35. The van der Waals surface area contributed by atoms with Crippen LogP contribution in [-0.4, -0.2) is 24.4 Å². The first-order valence-electron chi connectivity index (χ1n) is 5.30. The third kappa shape index (κ3) is 2.22. The van der Waals surface area contributed by atoms with E-state index in [0.29, 0.717) is 24.1 Å². The Morgan fingerprint density at radius 3 is 2.88 bits per heavy atom. The van der Waals surface area contributed by atoms with Crippen LogP contribution in [-0.2, 0) is 16.3 Å². The number of hydrogen-bond donors (Lipinski definition) is 0. The predicted octanol–water partition coefficient (Wildman–Crippen LogP) is 1.33. The number of nitriles is 1. The minimum absolute atomic E-state index is 0.270. The Balaban J connectivity index is 2.31. The van der Waals surface area contributed by atoms with E-state index >= 15 is 0 Å². The predicted molar refractivity (Wildman–Crippen MR) is 64.9 cm³/mol. The molecule has 0 bridgehead atoms. The van der Waals surface area contributed by atoms with Crippen LogP contribution in [0.2, 0.25) is 0 Å². The van der Waals surface area contributed by atoms with E-state index in [0.717, 1.165) is 5.56 Å². The lowest BCUT2D eigenvalue weighted by Gasteiger charge is -2.26. The second-order valence-electron chi connectivity index (χ2n) is 4.07. The average Bonchev–Trinajstić information content (AvgIpc) is 2.34. The summed E-state index contributed by atoms with van der Waals surface area (Å²) >= 11 is 0. The quantitative estimate of drug-likeness (QED) is 0.809. The molecule has 5 heteroatoms. The zero-order chi connectivity index (χ0) is 12.5. The van der Waals surface area contributed by atoms with Gasteiger partial charge in [-0.1, -0.05) is 6.58 Å². The number of nitrogens with zero attached hydrogens (tertiary/aromatic N) is 2. The summed E-state index contributed by atoms with van der Waals surface area (Å²) < 4.78 is 22.9. The van der Waals surface area contributed by atoms with Gasteiger partial charge in [-0.3, -0.25) is 4.98 Å². The molecule has 0 amide bonds. The number of aromatic nitrogens is 1. The highest BCUT2D eigenvalue weighted by Crippen LogP contribution is 2.25. The zero-order valence-corrected chi connectivity index (χ0v) is 10.1. The Kier molecular flexibility index (Phi) is 2.99. The fourth-order valence-electron chi connectivity index (χ4n) is 1.88. The van der Waals surface area contributed by atoms with Crippen molar-refractivity contribution in [3.63, 3.8) is 0 Å². The van der Waals surface area contributed by atoms with Crippen molar-refractivity contribution in [1.82, 2.24) is 4.98 Å². The minimum Gasteiger partial charge on any atom is -0.255 e. The van der Waals surface area contributed by atoms with Gasteiger partial charge in [0.1, 0.15) is 6.07 Å². The third-order valence-corrected chi connectivity index (χ3v) is 5.23. The summed E-state index contributed by atoms with van der Waals surface area (Å²) in [6, 6.07) is 3.69. The Morgan fingerprint density at radius 1 is 1.65 bits per heavy atom. The van der Waals surface area contributed by atoms with Gasteiger partial charge in [-0.25, -0.2) is 8.42 Å². The van der Waals surface area contributed by atoms with Crippen molar-refractivity contribution in [2.75, 3.05) is 5.75 Å². The molecule has 1 unspecified atom stereocenters. The second-order valence-corrected chi connectivity index (χ2v) is 6.47. The summed E-state index contributed by atoms with van der Waals surface area (Å²) in [7, 11) is -2.91. The highest BCUT2D eigenvalue weighted by atomic mass is 32.2. The third-order valence-electron chi connectivity index (χ3n) is 3.00. The second kappa shape index (κ2) is 4.30. The normalized spacial score (nSPS) is 21.2. The average molecular weight is 248 g/mol. The number of rotatable bonds is 3. The van der Waals surface area contributed by atoms with Gasteiger partial charge in [0.25, 0.3) is 0 Å². The van der Waals surface area contributed by atoms with E-state index in [1.165, 1.54) is 6.20 Å². The van der Waals surface area contributed by atoms with Gasteiger partial charge in [0.15, 0.2) is 9.84 Å². The van der Waals surface area contributed by atoms with Gasteiger partial charge >= 0.3 is 0 Å². The van der Waals surface area contributed by atoms with Crippen LogP contribution < -0.4 is 0 Å². The van der Waals surface area contributed by atoms with Gasteiger partial charge in [0.05, 0.1) is 22.3 Å². The van der Waals surface area contributed by atoms with Gasteiger partial charge in [0, 0.05) is 6.20 Å². The van der Waals surface area contributed by atoms with Crippen LogP contribution in [0.1, 0.15) is 23.2 Å². The van der Waals surface area contributed by atoms with Crippen molar-refractivity contribution >= 4 is 15.9 Å². The molecule has 1 aliphatic rings. The van der Waals surface area contributed by atoms with Crippen molar-refractivity contribution in [3.8, 4) is 6.07 Å². The molecule has 17 heavy (non-hydrogen) atoms. The molecule has 0 aromatic carbocycles. The van der Waals surface area contributed by atoms with Crippen LogP contribution in [0.25, 0.3) is 6.08 Å². The van der Waals surface area contributed by atoms with Gasteiger partial charge in [-0.15, -0.1) is 0 Å². The number of pyridine rings is 1. The van der Waals surface area contributed by atoms with Gasteiger partial charge in [0.2, 0.25) is 0 Å². The first kappa shape index (κ1) is 11.8. The maximum absolute atomic E-state index is 11.5. The van der Waals surface area contributed by atoms with Crippen molar-refractivity contribution in [2.24, 2.45) is 0 Å². The van der Waals surface area contributed by atoms with Crippen molar-refractivity contribution in [3.05, 3.63) is 35.7 Å². The van der Waals surface area contributed by atoms with E-state index < -0.39 is 9.84 Å². The molecule has 1 aliphatic heterocycles. The van der Waals surface area contributed by atoms with Gasteiger partial charge in [-0.05, 0) is 30.5 Å². The molecular formula is C12H12N2O2S. The Labute approximate surface area is 101 Å². The van der Waals surface area contributed by atoms with E-state index in [4.69, 9.17) is 5.26 Å². The largest absolute Gasteiger partial charge is 0.255 e. The standard InChI is InChI=1S/C12H12N2O2S/c1-2-12-10(5-9(7-13)8-14-12)6-11-3-4-17(11,15)16/h2,5,8,11H,1,3-4,6H2. The Hall–Kier alpha value is -1.67. The van der Waals surface area contributed by atoms with Crippen LogP contribution in [0, 0.1) is 11.3 Å². The van der Waals surface area contributed by atoms with Crippen LogP contribution in [0.15, 0.2) is 18.8 Å². The summed E-state index contributed by atoms with van der Waals surface area (Å²) in [4.78, 5) is 4.09. The fraction of sp³-hybridized carbons (Fsp3) is 0.333. The molecule has 1 fully saturated rings. The van der Waals surface area contributed by atoms with E-state index in [1.807, 2.05) is 6.07 Å². The lowest BCUT2D eigenvalue weighted by Crippen LogP contribution is -2.38. The summed E-state index contributed by atoms with van der Waals surface area (Å²) in [5, 5.41) is 8.48. The summed E-state index contributed by atoms with van der Waals surface area (Å²) in [5.74, 6) is 0.270. The van der Waals surface area contributed by atoms with E-state index in [1.54, 1.807) is 12.1 Å². The van der Waals surface area contributed by atoms with Gasteiger partial charge in [-0.2, -0.15) is 5.26 Å².